The molecular formula is C11H22ClN. The van der Waals surface area contributed by atoms with Gasteiger partial charge >= 0.3 is 0 Å². The van der Waals surface area contributed by atoms with Crippen LogP contribution in [0.3, 0.4) is 0 Å². The number of hydrogen-bond donors (Lipinski definition) is 0. The van der Waals surface area contributed by atoms with E-state index in [4.69, 9.17) is 11.6 Å². The van der Waals surface area contributed by atoms with Gasteiger partial charge in [-0.1, -0.05) is 19.3 Å². The topological polar surface area (TPSA) is 3.24 Å². The summed E-state index contributed by atoms with van der Waals surface area (Å²) in [5.41, 5.74) is 0. The first kappa shape index (κ1) is 11.3. The minimum Gasteiger partial charge on any atom is -0.306 e. The van der Waals surface area contributed by atoms with E-state index in [9.17, 15) is 0 Å². The van der Waals surface area contributed by atoms with E-state index in [2.05, 4.69) is 19.0 Å². The lowest BCUT2D eigenvalue weighted by Crippen LogP contribution is -2.36. The lowest BCUT2D eigenvalue weighted by Gasteiger charge is -2.34. The van der Waals surface area contributed by atoms with E-state index in [1.54, 1.807) is 0 Å². The number of rotatable bonds is 4. The Kier molecular flexibility index (Phi) is 5.12. The summed E-state index contributed by atoms with van der Waals surface area (Å²) in [6.45, 7) is 0. The summed E-state index contributed by atoms with van der Waals surface area (Å²) in [5.74, 6) is 1.71. The maximum absolute atomic E-state index is 5.83. The molecule has 0 spiro atoms. The molecule has 2 heteroatoms. The number of halogens is 1. The second kappa shape index (κ2) is 5.87. The molecule has 1 aliphatic rings. The van der Waals surface area contributed by atoms with Crippen LogP contribution in [0.1, 0.15) is 38.5 Å². The van der Waals surface area contributed by atoms with Gasteiger partial charge in [0.25, 0.3) is 0 Å². The van der Waals surface area contributed by atoms with Gasteiger partial charge in [-0.15, -0.1) is 11.6 Å². The van der Waals surface area contributed by atoms with Crippen LogP contribution in [0.4, 0.5) is 0 Å². The molecule has 0 saturated heterocycles. The van der Waals surface area contributed by atoms with Gasteiger partial charge in [-0.2, -0.15) is 0 Å². The molecule has 1 fully saturated rings. The van der Waals surface area contributed by atoms with Crippen molar-refractivity contribution >= 4 is 11.6 Å². The van der Waals surface area contributed by atoms with Gasteiger partial charge in [0, 0.05) is 11.9 Å². The van der Waals surface area contributed by atoms with E-state index in [1.165, 1.54) is 32.1 Å². The highest BCUT2D eigenvalue weighted by Crippen LogP contribution is 2.29. The third-order valence-electron chi connectivity index (χ3n) is 3.26. The summed E-state index contributed by atoms with van der Waals surface area (Å²) in [6, 6.07) is 0.720. The van der Waals surface area contributed by atoms with E-state index >= 15 is 0 Å². The van der Waals surface area contributed by atoms with Gasteiger partial charge in [-0.25, -0.2) is 0 Å². The summed E-state index contributed by atoms with van der Waals surface area (Å²) >= 11 is 5.83. The zero-order valence-corrected chi connectivity index (χ0v) is 9.69. The Balaban J connectivity index is 2.41. The average Bonchev–Trinajstić information content (AvgIpc) is 2.15. The third kappa shape index (κ3) is 3.47. The van der Waals surface area contributed by atoms with Crippen molar-refractivity contribution in [2.24, 2.45) is 5.92 Å². The minimum atomic E-state index is 0.720. The number of nitrogens with zero attached hydrogens (tertiary/aromatic N) is 1. The Morgan fingerprint density at radius 3 is 2.31 bits per heavy atom. The van der Waals surface area contributed by atoms with Crippen molar-refractivity contribution in [3.63, 3.8) is 0 Å². The maximum Gasteiger partial charge on any atom is 0.0238 e. The molecule has 0 N–H and O–H groups in total. The molecule has 0 aromatic heterocycles. The van der Waals surface area contributed by atoms with Crippen LogP contribution in [-0.4, -0.2) is 30.9 Å². The van der Waals surface area contributed by atoms with Crippen LogP contribution < -0.4 is 0 Å². The zero-order chi connectivity index (χ0) is 9.68. The summed E-state index contributed by atoms with van der Waals surface area (Å²) < 4.78 is 0. The average molecular weight is 204 g/mol. The fourth-order valence-corrected chi connectivity index (χ4v) is 2.77. The Bertz CT molecular complexity index is 130. The molecule has 0 aromatic carbocycles. The van der Waals surface area contributed by atoms with Crippen molar-refractivity contribution in [1.82, 2.24) is 4.90 Å². The van der Waals surface area contributed by atoms with Gasteiger partial charge < -0.3 is 4.90 Å². The van der Waals surface area contributed by atoms with Gasteiger partial charge in [0.15, 0.2) is 0 Å². The summed E-state index contributed by atoms with van der Waals surface area (Å²) in [4.78, 5) is 2.36. The van der Waals surface area contributed by atoms with Crippen molar-refractivity contribution < 1.29 is 0 Å². The standard InChI is InChI=1S/C11H22ClN/c1-13(2)11(8-9-12)10-6-4-3-5-7-10/h10-11H,3-9H2,1-2H3. The molecule has 0 heterocycles. The highest BCUT2D eigenvalue weighted by atomic mass is 35.5. The van der Waals surface area contributed by atoms with Gasteiger partial charge in [-0.3, -0.25) is 0 Å². The van der Waals surface area contributed by atoms with Gasteiger partial charge in [-0.05, 0) is 39.3 Å². The molecule has 0 bridgehead atoms. The molecule has 0 amide bonds. The van der Waals surface area contributed by atoms with Crippen molar-refractivity contribution in [3.8, 4) is 0 Å². The first-order chi connectivity index (χ1) is 6.25. The zero-order valence-electron chi connectivity index (χ0n) is 8.93. The molecule has 0 aromatic rings. The predicted molar refractivity (Wildman–Crippen MR) is 59.4 cm³/mol. The Morgan fingerprint density at radius 2 is 1.85 bits per heavy atom. The lowest BCUT2D eigenvalue weighted by atomic mass is 9.82. The molecule has 1 atom stereocenters. The highest BCUT2D eigenvalue weighted by molar-refractivity contribution is 6.17. The van der Waals surface area contributed by atoms with Crippen LogP contribution in [-0.2, 0) is 0 Å². The quantitative estimate of drug-likeness (QED) is 0.635. The van der Waals surface area contributed by atoms with Crippen LogP contribution >= 0.6 is 11.6 Å². The van der Waals surface area contributed by atoms with Gasteiger partial charge in [0.2, 0.25) is 0 Å². The minimum absolute atomic E-state index is 0.720. The monoisotopic (exact) mass is 203 g/mol. The molecule has 1 rings (SSSR count). The second-order valence-electron chi connectivity index (χ2n) is 4.41. The van der Waals surface area contributed by atoms with E-state index in [-0.39, 0.29) is 0 Å². The van der Waals surface area contributed by atoms with Crippen LogP contribution in [0, 0.1) is 5.92 Å². The third-order valence-corrected chi connectivity index (χ3v) is 3.48. The van der Waals surface area contributed by atoms with E-state index < -0.39 is 0 Å². The number of alkyl halides is 1. The maximum atomic E-state index is 5.83. The fourth-order valence-electron chi connectivity index (χ4n) is 2.55. The SMILES string of the molecule is CN(C)C(CCCl)C1CCCCC1. The van der Waals surface area contributed by atoms with Crippen molar-refractivity contribution in [2.45, 2.75) is 44.6 Å². The molecule has 1 saturated carbocycles. The molecular weight excluding hydrogens is 182 g/mol. The molecule has 0 aliphatic heterocycles. The predicted octanol–water partition coefficient (Wildman–Crippen LogP) is 3.13. The summed E-state index contributed by atoms with van der Waals surface area (Å²) in [6.07, 6.45) is 8.28. The van der Waals surface area contributed by atoms with Gasteiger partial charge in [0.05, 0.1) is 0 Å². The van der Waals surface area contributed by atoms with Crippen LogP contribution in [0.25, 0.3) is 0 Å². The molecule has 0 radical (unpaired) electrons. The van der Waals surface area contributed by atoms with Crippen molar-refractivity contribution in [3.05, 3.63) is 0 Å². The summed E-state index contributed by atoms with van der Waals surface area (Å²) in [7, 11) is 4.37. The van der Waals surface area contributed by atoms with E-state index in [1.807, 2.05) is 0 Å². The summed E-state index contributed by atoms with van der Waals surface area (Å²) in [5, 5.41) is 0. The molecule has 13 heavy (non-hydrogen) atoms. The van der Waals surface area contributed by atoms with Crippen LogP contribution in [0.15, 0.2) is 0 Å². The normalized spacial score (nSPS) is 22.2. The first-order valence-electron chi connectivity index (χ1n) is 5.48. The van der Waals surface area contributed by atoms with Gasteiger partial charge in [0.1, 0.15) is 0 Å². The molecule has 1 aliphatic carbocycles. The fraction of sp³-hybridized carbons (Fsp3) is 1.00. The second-order valence-corrected chi connectivity index (χ2v) is 4.78. The Labute approximate surface area is 87.4 Å². The van der Waals surface area contributed by atoms with Crippen molar-refractivity contribution in [1.29, 1.82) is 0 Å². The largest absolute Gasteiger partial charge is 0.306 e. The van der Waals surface area contributed by atoms with E-state index in [0.717, 1.165) is 24.3 Å². The Morgan fingerprint density at radius 1 is 1.23 bits per heavy atom. The number of hydrogen-bond acceptors (Lipinski definition) is 1. The van der Waals surface area contributed by atoms with E-state index in [0.29, 0.717) is 0 Å². The lowest BCUT2D eigenvalue weighted by molar-refractivity contribution is 0.166. The first-order valence-corrected chi connectivity index (χ1v) is 6.01. The van der Waals surface area contributed by atoms with Crippen LogP contribution in [0.5, 0.6) is 0 Å². The molecule has 1 unspecified atom stereocenters. The highest BCUT2D eigenvalue weighted by Gasteiger charge is 2.24. The molecule has 1 nitrogen and oxygen atoms in total. The Hall–Kier alpha value is 0.250. The molecule has 78 valence electrons. The van der Waals surface area contributed by atoms with Crippen LogP contribution in [0.2, 0.25) is 0 Å². The van der Waals surface area contributed by atoms with Crippen molar-refractivity contribution in [2.75, 3.05) is 20.0 Å². The smallest absolute Gasteiger partial charge is 0.0238 e.